The lowest BCUT2D eigenvalue weighted by Gasteiger charge is -2.07. The highest BCUT2D eigenvalue weighted by Crippen LogP contribution is 2.26. The topological polar surface area (TPSA) is 64.8 Å². The molecular formula is C21H23N3O3. The molecule has 6 nitrogen and oxygen atoms in total. The highest BCUT2D eigenvalue weighted by atomic mass is 16.5. The number of carbonyl (C=O) groups is 1. The number of hydrogen-bond acceptors (Lipinski definition) is 4. The van der Waals surface area contributed by atoms with E-state index in [0.29, 0.717) is 24.3 Å². The lowest BCUT2D eigenvalue weighted by atomic mass is 10.1. The summed E-state index contributed by atoms with van der Waals surface area (Å²) in [5.74, 6) is 1.14. The quantitative estimate of drug-likeness (QED) is 0.516. The number of amides is 1. The Morgan fingerprint density at radius 2 is 1.93 bits per heavy atom. The van der Waals surface area contributed by atoms with Crippen LogP contribution in [0.2, 0.25) is 0 Å². The number of carbonyl (C=O) groups excluding carboxylic acids is 1. The van der Waals surface area contributed by atoms with E-state index in [4.69, 9.17) is 9.47 Å². The normalized spacial score (nSPS) is 11.1. The first-order chi connectivity index (χ1) is 13.1. The molecule has 0 radical (unpaired) electrons. The molecule has 0 saturated heterocycles. The second-order valence-corrected chi connectivity index (χ2v) is 6.19. The molecule has 0 saturated carbocycles. The minimum absolute atomic E-state index is 0.125. The molecule has 0 aliphatic rings. The highest BCUT2D eigenvalue weighted by Gasteiger charge is 2.08. The van der Waals surface area contributed by atoms with Gasteiger partial charge in [-0.3, -0.25) is 4.79 Å². The van der Waals surface area contributed by atoms with Crippen LogP contribution in [0.25, 0.3) is 10.9 Å². The first-order valence-corrected chi connectivity index (χ1v) is 8.69. The number of methoxy groups -OCH3 is 2. The van der Waals surface area contributed by atoms with Crippen molar-refractivity contribution < 1.29 is 14.3 Å². The van der Waals surface area contributed by atoms with Gasteiger partial charge in [0.1, 0.15) is 0 Å². The summed E-state index contributed by atoms with van der Waals surface area (Å²) < 4.78 is 12.5. The Morgan fingerprint density at radius 1 is 1.15 bits per heavy atom. The summed E-state index contributed by atoms with van der Waals surface area (Å²) >= 11 is 0. The van der Waals surface area contributed by atoms with Crippen molar-refractivity contribution in [3.8, 4) is 11.5 Å². The van der Waals surface area contributed by atoms with Gasteiger partial charge < -0.3 is 14.0 Å². The number of nitrogens with zero attached hydrogens (tertiary/aromatic N) is 2. The van der Waals surface area contributed by atoms with E-state index in [1.165, 1.54) is 10.9 Å². The van der Waals surface area contributed by atoms with E-state index in [1.54, 1.807) is 32.6 Å². The van der Waals surface area contributed by atoms with Crippen LogP contribution in [0.5, 0.6) is 11.5 Å². The molecule has 6 heteroatoms. The Balaban J connectivity index is 1.57. The minimum Gasteiger partial charge on any atom is -0.493 e. The number of ether oxygens (including phenoxy) is 2. The maximum absolute atomic E-state index is 12.1. The van der Waals surface area contributed by atoms with Crippen molar-refractivity contribution in [2.45, 2.75) is 12.8 Å². The van der Waals surface area contributed by atoms with Crippen molar-refractivity contribution in [2.75, 3.05) is 14.2 Å². The van der Waals surface area contributed by atoms with Crippen molar-refractivity contribution in [3.63, 3.8) is 0 Å². The van der Waals surface area contributed by atoms with Crippen molar-refractivity contribution in [1.82, 2.24) is 9.99 Å². The zero-order valence-corrected chi connectivity index (χ0v) is 15.7. The molecule has 3 rings (SSSR count). The molecule has 0 spiro atoms. The predicted octanol–water partition coefficient (Wildman–Crippen LogP) is 3.28. The van der Waals surface area contributed by atoms with Gasteiger partial charge in [-0.25, -0.2) is 5.43 Å². The predicted molar refractivity (Wildman–Crippen MR) is 107 cm³/mol. The molecule has 1 amide bonds. The molecule has 0 fully saturated rings. The van der Waals surface area contributed by atoms with Gasteiger partial charge in [-0.2, -0.15) is 5.10 Å². The van der Waals surface area contributed by atoms with Gasteiger partial charge >= 0.3 is 0 Å². The van der Waals surface area contributed by atoms with Crippen LogP contribution in [-0.2, 0) is 18.3 Å². The molecule has 1 N–H and O–H groups in total. The third-order valence-electron chi connectivity index (χ3n) is 4.41. The maximum atomic E-state index is 12.1. The van der Waals surface area contributed by atoms with E-state index in [2.05, 4.69) is 33.4 Å². The SMILES string of the molecule is COc1ccc(/C=N/NC(=O)CCc2cn(C)c3ccccc23)cc1OC. The van der Waals surface area contributed by atoms with Gasteiger partial charge in [-0.05, 0) is 41.8 Å². The van der Waals surface area contributed by atoms with E-state index >= 15 is 0 Å². The van der Waals surface area contributed by atoms with Crippen LogP contribution in [0.1, 0.15) is 17.5 Å². The van der Waals surface area contributed by atoms with Gasteiger partial charge in [0.05, 0.1) is 20.4 Å². The lowest BCUT2D eigenvalue weighted by molar-refractivity contribution is -0.121. The number of hydrogen-bond donors (Lipinski definition) is 1. The van der Waals surface area contributed by atoms with Crippen LogP contribution >= 0.6 is 0 Å². The number of fused-ring (bicyclic) bond motifs is 1. The van der Waals surface area contributed by atoms with Crippen molar-refractivity contribution >= 4 is 23.0 Å². The fourth-order valence-corrected chi connectivity index (χ4v) is 3.04. The third-order valence-corrected chi connectivity index (χ3v) is 4.41. The van der Waals surface area contributed by atoms with Gasteiger partial charge in [-0.15, -0.1) is 0 Å². The van der Waals surface area contributed by atoms with Crippen molar-refractivity contribution in [2.24, 2.45) is 12.1 Å². The van der Waals surface area contributed by atoms with Crippen LogP contribution < -0.4 is 14.9 Å². The van der Waals surface area contributed by atoms with Gasteiger partial charge in [0, 0.05) is 30.6 Å². The average Bonchev–Trinajstić information content (AvgIpc) is 3.02. The van der Waals surface area contributed by atoms with Gasteiger partial charge in [0.25, 0.3) is 0 Å². The number of rotatable bonds is 7. The van der Waals surface area contributed by atoms with Crippen molar-refractivity contribution in [1.29, 1.82) is 0 Å². The van der Waals surface area contributed by atoms with Crippen LogP contribution in [0.3, 0.4) is 0 Å². The molecule has 0 aliphatic heterocycles. The zero-order chi connectivity index (χ0) is 19.2. The molecule has 140 valence electrons. The van der Waals surface area contributed by atoms with Crippen LogP contribution in [0, 0.1) is 0 Å². The molecule has 0 unspecified atom stereocenters. The Kier molecular flexibility index (Phi) is 5.76. The van der Waals surface area contributed by atoms with E-state index in [-0.39, 0.29) is 5.91 Å². The molecule has 1 heterocycles. The fourth-order valence-electron chi connectivity index (χ4n) is 3.04. The Morgan fingerprint density at radius 3 is 2.70 bits per heavy atom. The molecule has 27 heavy (non-hydrogen) atoms. The number of para-hydroxylation sites is 1. The van der Waals surface area contributed by atoms with E-state index in [9.17, 15) is 4.79 Å². The maximum Gasteiger partial charge on any atom is 0.240 e. The number of aromatic nitrogens is 1. The van der Waals surface area contributed by atoms with Crippen molar-refractivity contribution in [3.05, 3.63) is 59.8 Å². The molecular weight excluding hydrogens is 342 g/mol. The Bertz CT molecular complexity index is 976. The summed E-state index contributed by atoms with van der Waals surface area (Å²) in [4.78, 5) is 12.1. The third kappa shape index (κ3) is 4.28. The molecule has 0 atom stereocenters. The average molecular weight is 365 g/mol. The standard InChI is InChI=1S/C21H23N3O3/c1-24-14-16(17-6-4-5-7-18(17)24)9-11-21(25)23-22-13-15-8-10-19(26-2)20(12-15)27-3/h4-8,10,12-14H,9,11H2,1-3H3,(H,23,25)/b22-13+. The second-order valence-electron chi connectivity index (χ2n) is 6.19. The summed E-state index contributed by atoms with van der Waals surface area (Å²) in [5, 5.41) is 5.21. The Hall–Kier alpha value is -3.28. The van der Waals surface area contributed by atoms with Gasteiger partial charge in [-0.1, -0.05) is 18.2 Å². The number of benzene rings is 2. The summed E-state index contributed by atoms with van der Waals surface area (Å²) in [7, 11) is 5.18. The summed E-state index contributed by atoms with van der Waals surface area (Å²) in [6.45, 7) is 0. The molecule has 0 aliphatic carbocycles. The molecule has 0 bridgehead atoms. The number of aryl methyl sites for hydroxylation is 2. The van der Waals surface area contributed by atoms with E-state index in [0.717, 1.165) is 11.1 Å². The molecule has 2 aromatic carbocycles. The summed E-state index contributed by atoms with van der Waals surface area (Å²) in [6.07, 6.45) is 4.69. The molecule has 3 aromatic rings. The van der Waals surface area contributed by atoms with E-state index in [1.807, 2.05) is 25.2 Å². The van der Waals surface area contributed by atoms with Gasteiger partial charge in [0.15, 0.2) is 11.5 Å². The monoisotopic (exact) mass is 365 g/mol. The smallest absolute Gasteiger partial charge is 0.240 e. The summed E-state index contributed by atoms with van der Waals surface area (Å²) in [6, 6.07) is 13.6. The van der Waals surface area contributed by atoms with Crippen LogP contribution in [0.15, 0.2) is 53.8 Å². The first-order valence-electron chi connectivity index (χ1n) is 8.69. The van der Waals surface area contributed by atoms with Crippen LogP contribution in [-0.4, -0.2) is 30.9 Å². The molecule has 1 aromatic heterocycles. The first kappa shape index (κ1) is 18.5. The highest BCUT2D eigenvalue weighted by molar-refractivity contribution is 5.85. The number of nitrogens with one attached hydrogen (secondary N) is 1. The number of hydrazone groups is 1. The second kappa shape index (κ2) is 8.40. The minimum atomic E-state index is -0.125. The lowest BCUT2D eigenvalue weighted by Crippen LogP contribution is -2.17. The fraction of sp³-hybridized carbons (Fsp3) is 0.238. The van der Waals surface area contributed by atoms with Crippen LogP contribution in [0.4, 0.5) is 0 Å². The van der Waals surface area contributed by atoms with Gasteiger partial charge in [0.2, 0.25) is 5.91 Å². The Labute approximate surface area is 158 Å². The largest absolute Gasteiger partial charge is 0.493 e. The van der Waals surface area contributed by atoms with E-state index < -0.39 is 0 Å². The zero-order valence-electron chi connectivity index (χ0n) is 15.7. The summed E-state index contributed by atoms with van der Waals surface area (Å²) in [5.41, 5.74) is 5.71.